The number of imidazole rings is 1. The number of thioether (sulfide) groups is 1. The number of aromatic nitrogens is 2. The normalized spacial score (nSPS) is 17.0. The van der Waals surface area contributed by atoms with Crippen LogP contribution in [0, 0.1) is 6.92 Å². The van der Waals surface area contributed by atoms with Gasteiger partial charge in [0.25, 0.3) is 0 Å². The molecule has 3 heterocycles. The second-order valence-corrected chi connectivity index (χ2v) is 8.29. The van der Waals surface area contributed by atoms with E-state index in [2.05, 4.69) is 10.3 Å². The number of carbonyl (C=O) groups excluding carboxylic acids is 1. The van der Waals surface area contributed by atoms with Crippen LogP contribution in [0.15, 0.2) is 34.7 Å². The molecule has 24 heavy (non-hydrogen) atoms. The Morgan fingerprint density at radius 2 is 2.38 bits per heavy atom. The van der Waals surface area contributed by atoms with Crippen LogP contribution >= 0.6 is 34.7 Å². The van der Waals surface area contributed by atoms with Gasteiger partial charge in [0.05, 0.1) is 18.2 Å². The van der Waals surface area contributed by atoms with E-state index in [1.165, 1.54) is 4.90 Å². The van der Waals surface area contributed by atoms with Crippen molar-refractivity contribution >= 4 is 45.6 Å². The van der Waals surface area contributed by atoms with Crippen LogP contribution in [0.3, 0.4) is 0 Å². The molecule has 4 rings (SSSR count). The molecule has 124 valence electrons. The van der Waals surface area contributed by atoms with E-state index in [4.69, 9.17) is 11.6 Å². The fraction of sp³-hybridized carbons (Fsp3) is 0.294. The molecule has 1 aromatic carbocycles. The van der Waals surface area contributed by atoms with Gasteiger partial charge in [-0.25, -0.2) is 4.98 Å². The summed E-state index contributed by atoms with van der Waals surface area (Å²) in [5, 5.41) is 5.89. The molecule has 7 heteroatoms. The molecule has 0 aliphatic carbocycles. The summed E-state index contributed by atoms with van der Waals surface area (Å²) in [7, 11) is 0. The van der Waals surface area contributed by atoms with Crippen LogP contribution in [0.5, 0.6) is 0 Å². The monoisotopic (exact) mass is 377 g/mol. The van der Waals surface area contributed by atoms with Crippen molar-refractivity contribution in [1.29, 1.82) is 0 Å². The van der Waals surface area contributed by atoms with Crippen LogP contribution in [-0.4, -0.2) is 21.0 Å². The number of halogens is 1. The minimum Gasteiger partial charge on any atom is -0.349 e. The molecule has 0 radical (unpaired) electrons. The maximum Gasteiger partial charge on any atom is 0.226 e. The number of aryl methyl sites for hydroxylation is 1. The number of amides is 1. The predicted octanol–water partition coefficient (Wildman–Crippen LogP) is 4.25. The molecule has 4 nitrogen and oxygen atoms in total. The summed E-state index contributed by atoms with van der Waals surface area (Å²) in [6.07, 6.45) is 3.25. The predicted molar refractivity (Wildman–Crippen MR) is 99.2 cm³/mol. The molecule has 1 atom stereocenters. The largest absolute Gasteiger partial charge is 0.349 e. The van der Waals surface area contributed by atoms with Gasteiger partial charge >= 0.3 is 0 Å². The van der Waals surface area contributed by atoms with Crippen LogP contribution in [0.4, 0.5) is 0 Å². The van der Waals surface area contributed by atoms with Crippen molar-refractivity contribution in [1.82, 2.24) is 14.7 Å². The zero-order chi connectivity index (χ0) is 16.7. The van der Waals surface area contributed by atoms with Gasteiger partial charge in [-0.15, -0.1) is 23.1 Å². The Labute approximate surface area is 153 Å². The van der Waals surface area contributed by atoms with Crippen LogP contribution in [0.1, 0.15) is 29.4 Å². The van der Waals surface area contributed by atoms with E-state index in [9.17, 15) is 4.79 Å². The molecule has 0 fully saturated rings. The van der Waals surface area contributed by atoms with Crippen molar-refractivity contribution < 1.29 is 4.79 Å². The standard InChI is InChI=1S/C17H16ClN3OS2/c1-10-8-21-12(9-24-17(21)19-10)7-16(22)20-14-4-5-23-15-3-2-11(18)6-13(14)15/h2-3,6,8-9,14H,4-5,7H2,1H3,(H,20,22)/t14-/m1/s1. The number of nitrogens with one attached hydrogen (secondary N) is 1. The third-order valence-electron chi connectivity index (χ3n) is 4.09. The van der Waals surface area contributed by atoms with Gasteiger partial charge < -0.3 is 5.32 Å². The minimum absolute atomic E-state index is 0.0314. The first-order valence-electron chi connectivity index (χ1n) is 7.74. The van der Waals surface area contributed by atoms with Crippen LogP contribution in [0.25, 0.3) is 4.96 Å². The molecule has 0 spiro atoms. The summed E-state index contributed by atoms with van der Waals surface area (Å²) in [4.78, 5) is 19.1. The Morgan fingerprint density at radius 1 is 1.50 bits per heavy atom. The number of fused-ring (bicyclic) bond motifs is 2. The summed E-state index contributed by atoms with van der Waals surface area (Å²) in [5.74, 6) is 1.03. The topological polar surface area (TPSA) is 46.4 Å². The van der Waals surface area contributed by atoms with Gasteiger partial charge in [0.2, 0.25) is 5.91 Å². The third-order valence-corrected chi connectivity index (χ3v) is 6.34. The van der Waals surface area contributed by atoms with Crippen LogP contribution in [-0.2, 0) is 11.2 Å². The zero-order valence-electron chi connectivity index (χ0n) is 13.1. The molecular formula is C17H16ClN3OS2. The molecule has 0 saturated heterocycles. The molecule has 2 aromatic heterocycles. The lowest BCUT2D eigenvalue weighted by atomic mass is 10.0. The lowest BCUT2D eigenvalue weighted by Gasteiger charge is -2.26. The smallest absolute Gasteiger partial charge is 0.226 e. The highest BCUT2D eigenvalue weighted by atomic mass is 35.5. The van der Waals surface area contributed by atoms with E-state index >= 15 is 0 Å². The molecule has 0 bridgehead atoms. The van der Waals surface area contributed by atoms with E-state index < -0.39 is 0 Å². The third kappa shape index (κ3) is 3.06. The van der Waals surface area contributed by atoms with E-state index in [1.54, 1.807) is 11.3 Å². The molecule has 1 aliphatic heterocycles. The van der Waals surface area contributed by atoms with Crippen LogP contribution < -0.4 is 5.32 Å². The zero-order valence-corrected chi connectivity index (χ0v) is 15.5. The highest BCUT2D eigenvalue weighted by molar-refractivity contribution is 7.99. The summed E-state index contributed by atoms with van der Waals surface area (Å²) >= 11 is 9.51. The van der Waals surface area contributed by atoms with E-state index in [0.29, 0.717) is 11.4 Å². The molecule has 1 N–H and O–H groups in total. The second-order valence-electron chi connectivity index (χ2n) is 5.88. The van der Waals surface area contributed by atoms with Crippen molar-refractivity contribution in [3.63, 3.8) is 0 Å². The number of carbonyl (C=O) groups is 1. The quantitative estimate of drug-likeness (QED) is 0.742. The second kappa shape index (κ2) is 6.43. The summed E-state index contributed by atoms with van der Waals surface area (Å²) < 4.78 is 2.00. The number of benzene rings is 1. The van der Waals surface area contributed by atoms with Gasteiger partial charge in [0.15, 0.2) is 4.96 Å². The number of thiazole rings is 1. The van der Waals surface area contributed by atoms with Crippen molar-refractivity contribution in [2.45, 2.75) is 30.7 Å². The van der Waals surface area contributed by atoms with Gasteiger partial charge in [-0.05, 0) is 37.1 Å². The first kappa shape index (κ1) is 16.0. The van der Waals surface area contributed by atoms with E-state index in [1.807, 2.05) is 52.9 Å². The highest BCUT2D eigenvalue weighted by Crippen LogP contribution is 2.37. The maximum atomic E-state index is 12.5. The minimum atomic E-state index is 0.0314. The lowest BCUT2D eigenvalue weighted by molar-refractivity contribution is -0.121. The first-order valence-corrected chi connectivity index (χ1v) is 9.98. The Balaban J connectivity index is 1.52. The first-order chi connectivity index (χ1) is 11.6. The summed E-state index contributed by atoms with van der Waals surface area (Å²) in [5.41, 5.74) is 3.07. The van der Waals surface area contributed by atoms with E-state index in [-0.39, 0.29) is 11.9 Å². The number of nitrogens with zero attached hydrogens (tertiary/aromatic N) is 2. The molecule has 1 aliphatic rings. The Hall–Kier alpha value is -1.50. The average Bonchev–Trinajstić information content (AvgIpc) is 3.08. The van der Waals surface area contributed by atoms with Gasteiger partial charge in [-0.3, -0.25) is 9.20 Å². The SMILES string of the molecule is Cc1cn2c(CC(=O)N[C@@H]3CCSc4ccc(Cl)cc43)csc2n1. The molecular weight excluding hydrogens is 362 g/mol. The average molecular weight is 378 g/mol. The van der Waals surface area contributed by atoms with Gasteiger partial charge in [0.1, 0.15) is 0 Å². The van der Waals surface area contributed by atoms with Gasteiger partial charge in [-0.2, -0.15) is 0 Å². The number of hydrogen-bond acceptors (Lipinski definition) is 4. The van der Waals surface area contributed by atoms with Crippen molar-refractivity contribution in [2.24, 2.45) is 0 Å². The Kier molecular flexibility index (Phi) is 4.28. The molecule has 1 amide bonds. The Morgan fingerprint density at radius 3 is 3.25 bits per heavy atom. The summed E-state index contributed by atoms with van der Waals surface area (Å²) in [6, 6.07) is 5.94. The van der Waals surface area contributed by atoms with Gasteiger partial charge in [0, 0.05) is 32.9 Å². The number of hydrogen-bond donors (Lipinski definition) is 1. The maximum absolute atomic E-state index is 12.5. The number of rotatable bonds is 3. The van der Waals surface area contributed by atoms with Crippen LogP contribution in [0.2, 0.25) is 5.02 Å². The van der Waals surface area contributed by atoms with Crippen molar-refractivity contribution in [3.8, 4) is 0 Å². The highest BCUT2D eigenvalue weighted by Gasteiger charge is 2.23. The molecule has 3 aromatic rings. The van der Waals surface area contributed by atoms with Gasteiger partial charge in [-0.1, -0.05) is 11.6 Å². The lowest BCUT2D eigenvalue weighted by Crippen LogP contribution is -2.32. The van der Waals surface area contributed by atoms with Crippen molar-refractivity contribution in [2.75, 3.05) is 5.75 Å². The van der Waals surface area contributed by atoms with E-state index in [0.717, 1.165) is 34.1 Å². The molecule has 0 unspecified atom stereocenters. The fourth-order valence-electron chi connectivity index (χ4n) is 2.99. The summed E-state index contributed by atoms with van der Waals surface area (Å²) in [6.45, 7) is 1.96. The fourth-order valence-corrected chi connectivity index (χ4v) is 5.20. The molecule has 0 saturated carbocycles. The Bertz CT molecular complexity index is 918. The van der Waals surface area contributed by atoms with Crippen molar-refractivity contribution in [3.05, 3.63) is 51.7 Å².